The topological polar surface area (TPSA) is 74.8 Å². The Morgan fingerprint density at radius 3 is 1.78 bits per heavy atom. The van der Waals surface area contributed by atoms with Crippen molar-refractivity contribution in [1.29, 1.82) is 0 Å². The second kappa shape index (κ2) is 7.22. The summed E-state index contributed by atoms with van der Waals surface area (Å²) in [6, 6.07) is 15.1. The molecule has 0 unspecified atom stereocenters. The van der Waals surface area contributed by atoms with E-state index in [1.165, 1.54) is 4.90 Å². The van der Waals surface area contributed by atoms with Crippen LogP contribution in [0, 0.1) is 7.14 Å². The second-order valence-electron chi connectivity index (χ2n) is 6.24. The van der Waals surface area contributed by atoms with Crippen molar-refractivity contribution < 1.29 is 40.4 Å². The van der Waals surface area contributed by atoms with Gasteiger partial charge in [0.05, 0.1) is 5.69 Å². The molecule has 2 saturated heterocycles. The largest absolute Gasteiger partial charge is 0.360 e. The molecule has 0 saturated carbocycles. The summed E-state index contributed by atoms with van der Waals surface area (Å²) in [5.41, 5.74) is 0.754. The molecule has 0 bridgehead atoms. The maximum atomic E-state index is 12.4. The fraction of sp³-hybridized carbons (Fsp3) is 0.200. The van der Waals surface area contributed by atoms with Crippen molar-refractivity contribution in [2.45, 2.75) is 25.7 Å². The zero-order valence-corrected chi connectivity index (χ0v) is 16.5. The second-order valence-corrected chi connectivity index (χ2v) is 9.19. The minimum Gasteiger partial charge on any atom is -0.274 e. The molecule has 136 valence electrons. The van der Waals surface area contributed by atoms with Crippen molar-refractivity contribution in [3.63, 3.8) is 0 Å². The number of para-hydroxylation sites is 1. The maximum absolute atomic E-state index is 12.4. The SMILES string of the molecule is O=C1CCC(=O)N1c1cccc([I+]c2ccccc2)c1N1C(=O)CCC1=O. The Morgan fingerprint density at radius 1 is 0.630 bits per heavy atom. The highest BCUT2D eigenvalue weighted by molar-refractivity contribution is 6.26. The van der Waals surface area contributed by atoms with Crippen LogP contribution in [0.5, 0.6) is 0 Å². The van der Waals surface area contributed by atoms with Gasteiger partial charge in [0.1, 0.15) is 5.69 Å². The van der Waals surface area contributed by atoms with Gasteiger partial charge in [0.15, 0.2) is 3.57 Å². The lowest BCUT2D eigenvalue weighted by Crippen LogP contribution is -3.61. The number of nitrogens with zero attached hydrogens (tertiary/aromatic N) is 2. The molecule has 2 heterocycles. The van der Waals surface area contributed by atoms with Crippen molar-refractivity contribution in [3.05, 3.63) is 55.7 Å². The molecule has 2 aromatic carbocycles. The normalized spacial score (nSPS) is 17.3. The highest BCUT2D eigenvalue weighted by atomic mass is 127. The molecule has 0 aromatic heterocycles. The number of rotatable bonds is 4. The molecule has 2 aliphatic rings. The van der Waals surface area contributed by atoms with E-state index in [1.54, 1.807) is 12.1 Å². The van der Waals surface area contributed by atoms with Gasteiger partial charge in [-0.2, -0.15) is 0 Å². The van der Waals surface area contributed by atoms with E-state index in [9.17, 15) is 19.2 Å². The van der Waals surface area contributed by atoms with Gasteiger partial charge in [0.25, 0.3) is 0 Å². The molecule has 2 fully saturated rings. The highest BCUT2D eigenvalue weighted by Crippen LogP contribution is 2.35. The van der Waals surface area contributed by atoms with Gasteiger partial charge in [0.2, 0.25) is 27.2 Å². The van der Waals surface area contributed by atoms with Crippen LogP contribution in [0.1, 0.15) is 25.7 Å². The summed E-state index contributed by atoms with van der Waals surface area (Å²) in [4.78, 5) is 51.8. The van der Waals surface area contributed by atoms with E-state index in [2.05, 4.69) is 0 Å². The molecule has 6 nitrogen and oxygen atoms in total. The molecule has 2 aliphatic heterocycles. The van der Waals surface area contributed by atoms with Crippen LogP contribution in [-0.4, -0.2) is 23.6 Å². The molecule has 7 heteroatoms. The molecule has 0 aliphatic carbocycles. The van der Waals surface area contributed by atoms with Crippen molar-refractivity contribution in [1.82, 2.24) is 0 Å². The van der Waals surface area contributed by atoms with Gasteiger partial charge in [-0.3, -0.25) is 19.2 Å². The zero-order chi connectivity index (χ0) is 19.0. The lowest BCUT2D eigenvalue weighted by atomic mass is 10.2. The molecule has 27 heavy (non-hydrogen) atoms. The Balaban J connectivity index is 1.87. The van der Waals surface area contributed by atoms with Crippen LogP contribution in [0.2, 0.25) is 0 Å². The summed E-state index contributed by atoms with van der Waals surface area (Å²) in [5.74, 6) is -1.17. The van der Waals surface area contributed by atoms with Crippen LogP contribution in [0.4, 0.5) is 11.4 Å². The van der Waals surface area contributed by atoms with Crippen LogP contribution in [0.3, 0.4) is 0 Å². The Morgan fingerprint density at radius 2 is 1.19 bits per heavy atom. The van der Waals surface area contributed by atoms with E-state index in [4.69, 9.17) is 0 Å². The summed E-state index contributed by atoms with van der Waals surface area (Å²) >= 11 is -0.707. The number of anilines is 2. The van der Waals surface area contributed by atoms with Gasteiger partial charge in [-0.1, -0.05) is 24.3 Å². The Bertz CT molecular complexity index is 926. The monoisotopic (exact) mass is 475 g/mol. The van der Waals surface area contributed by atoms with Gasteiger partial charge in [-0.25, -0.2) is 9.80 Å². The predicted molar refractivity (Wildman–Crippen MR) is 93.7 cm³/mol. The lowest BCUT2D eigenvalue weighted by molar-refractivity contribution is -0.596. The number of carbonyl (C=O) groups is 4. The Hall–Kier alpha value is -2.55. The van der Waals surface area contributed by atoms with Crippen molar-refractivity contribution in [3.8, 4) is 0 Å². The highest BCUT2D eigenvalue weighted by Gasteiger charge is 2.41. The molecule has 0 N–H and O–H groups in total. The van der Waals surface area contributed by atoms with Crippen LogP contribution < -0.4 is 31.0 Å². The fourth-order valence-corrected chi connectivity index (χ4v) is 5.85. The maximum Gasteiger partial charge on any atom is 0.360 e. The van der Waals surface area contributed by atoms with Crippen LogP contribution in [0.25, 0.3) is 0 Å². The number of benzene rings is 2. The quantitative estimate of drug-likeness (QED) is 0.426. The van der Waals surface area contributed by atoms with Gasteiger partial charge in [-0.05, 0) is 24.3 Å². The molecule has 2 aromatic rings. The molecule has 4 rings (SSSR count). The lowest BCUT2D eigenvalue weighted by Gasteiger charge is -2.22. The number of imide groups is 2. The molecule has 0 atom stereocenters. The third kappa shape index (κ3) is 3.27. The van der Waals surface area contributed by atoms with Crippen molar-refractivity contribution >= 4 is 35.0 Å². The molecule has 4 amide bonds. The standard InChI is InChI=1S/C20H16IN2O4/c24-16-9-10-17(25)22(16)15-8-4-7-14(21-13-5-2-1-3-6-13)20(15)23-18(26)11-12-19(23)27/h1-8H,9-12H2/q+1. The number of carbonyl (C=O) groups excluding carboxylic acids is 4. The number of amides is 4. The summed E-state index contributed by atoms with van der Waals surface area (Å²) in [5, 5.41) is 0. The molecule has 0 radical (unpaired) electrons. The first-order chi connectivity index (χ1) is 13.1. The van der Waals surface area contributed by atoms with Crippen molar-refractivity contribution in [2.75, 3.05) is 9.80 Å². The summed E-state index contributed by atoms with van der Waals surface area (Å²) in [6.45, 7) is 0. The van der Waals surface area contributed by atoms with E-state index in [-0.39, 0.29) is 49.3 Å². The van der Waals surface area contributed by atoms with Gasteiger partial charge in [-0.15, -0.1) is 0 Å². The molecular weight excluding hydrogens is 459 g/mol. The molecule has 0 spiro atoms. The van der Waals surface area contributed by atoms with Gasteiger partial charge >= 0.3 is 21.2 Å². The fourth-order valence-electron chi connectivity index (χ4n) is 3.25. The Kier molecular flexibility index (Phi) is 4.77. The third-order valence-electron chi connectivity index (χ3n) is 4.48. The van der Waals surface area contributed by atoms with E-state index in [1.807, 2.05) is 36.4 Å². The molecular formula is C20H16IN2O4+. The number of hydrogen-bond donors (Lipinski definition) is 0. The number of hydrogen-bond acceptors (Lipinski definition) is 4. The van der Waals surface area contributed by atoms with E-state index >= 15 is 0 Å². The zero-order valence-electron chi connectivity index (χ0n) is 14.4. The Labute approximate surface area is 166 Å². The first kappa shape index (κ1) is 17.8. The van der Waals surface area contributed by atoms with Crippen LogP contribution >= 0.6 is 0 Å². The average Bonchev–Trinajstić information content (AvgIpc) is 3.17. The van der Waals surface area contributed by atoms with Crippen LogP contribution in [-0.2, 0) is 19.2 Å². The van der Waals surface area contributed by atoms with Crippen LogP contribution in [0.15, 0.2) is 48.5 Å². The summed E-state index contributed by atoms with van der Waals surface area (Å²) in [7, 11) is 0. The van der Waals surface area contributed by atoms with Crippen molar-refractivity contribution in [2.24, 2.45) is 0 Å². The smallest absolute Gasteiger partial charge is 0.274 e. The summed E-state index contributed by atoms with van der Waals surface area (Å²) < 4.78 is 1.96. The summed E-state index contributed by atoms with van der Waals surface area (Å²) in [6.07, 6.45) is 0.604. The minimum absolute atomic E-state index is 0.151. The predicted octanol–water partition coefficient (Wildman–Crippen LogP) is -0.878. The first-order valence-electron chi connectivity index (χ1n) is 8.61. The van der Waals surface area contributed by atoms with E-state index in [0.717, 1.165) is 12.0 Å². The first-order valence-corrected chi connectivity index (χ1v) is 10.8. The number of halogens is 1. The van der Waals surface area contributed by atoms with E-state index in [0.29, 0.717) is 11.4 Å². The van der Waals surface area contributed by atoms with E-state index < -0.39 is 21.2 Å². The third-order valence-corrected chi connectivity index (χ3v) is 7.27. The van der Waals surface area contributed by atoms with Gasteiger partial charge in [0, 0.05) is 25.7 Å². The minimum atomic E-state index is -0.707. The van der Waals surface area contributed by atoms with Gasteiger partial charge < -0.3 is 0 Å². The average molecular weight is 475 g/mol.